The van der Waals surface area contributed by atoms with Gasteiger partial charge in [-0.2, -0.15) is 5.10 Å². The molecule has 2 N–H and O–H groups in total. The lowest BCUT2D eigenvalue weighted by atomic mass is 9.97. The second-order valence-corrected chi connectivity index (χ2v) is 9.95. The Morgan fingerprint density at radius 1 is 1.06 bits per heavy atom. The van der Waals surface area contributed by atoms with Crippen LogP contribution in [0.3, 0.4) is 0 Å². The van der Waals surface area contributed by atoms with Gasteiger partial charge < -0.3 is 15.3 Å². The number of likely N-dealkylation sites (tertiary alicyclic amines) is 1. The van der Waals surface area contributed by atoms with Gasteiger partial charge in [-0.05, 0) is 55.6 Å². The Bertz CT molecular complexity index is 1310. The van der Waals surface area contributed by atoms with E-state index in [-0.39, 0.29) is 36.1 Å². The van der Waals surface area contributed by atoms with Crippen molar-refractivity contribution in [3.63, 3.8) is 0 Å². The molecule has 5 atom stereocenters. The molecule has 2 saturated carbocycles. The molecule has 9 nitrogen and oxygen atoms in total. The zero-order valence-corrected chi connectivity index (χ0v) is 19.2. The van der Waals surface area contributed by atoms with Crippen molar-refractivity contribution >= 4 is 28.7 Å². The van der Waals surface area contributed by atoms with E-state index in [4.69, 9.17) is 0 Å². The lowest BCUT2D eigenvalue weighted by Crippen LogP contribution is -2.50. The van der Waals surface area contributed by atoms with Gasteiger partial charge in [-0.1, -0.05) is 30.3 Å². The van der Waals surface area contributed by atoms with Gasteiger partial charge in [0.25, 0.3) is 0 Å². The highest BCUT2D eigenvalue weighted by molar-refractivity contribution is 6.01. The minimum atomic E-state index is -1.15. The van der Waals surface area contributed by atoms with Crippen LogP contribution in [0, 0.1) is 5.92 Å². The normalized spacial score (nSPS) is 27.1. The first-order chi connectivity index (χ1) is 17.0. The van der Waals surface area contributed by atoms with Gasteiger partial charge >= 0.3 is 5.97 Å². The molecule has 1 saturated heterocycles. The Morgan fingerprint density at radius 3 is 2.69 bits per heavy atom. The van der Waals surface area contributed by atoms with Crippen molar-refractivity contribution in [3.8, 4) is 0 Å². The molecule has 1 aromatic carbocycles. The standard InChI is InChI=1S/C26H27N5O4/c32-23(14-30-22-13-27-9-8-19(22)24(29-30)26(34)35)31-20-11-17(20)12-21(31)25(33)28-18-7-6-16(10-18)15-4-2-1-3-5-15/h1-5,8-9,13,16-18,20-21H,6-7,10-12,14H2,(H,28,33)(H,34,35)/t16-,17-,18-,20-,21+/m1/s1. The third-order valence-corrected chi connectivity index (χ3v) is 7.79. The van der Waals surface area contributed by atoms with E-state index >= 15 is 0 Å². The third kappa shape index (κ3) is 3.94. The van der Waals surface area contributed by atoms with Gasteiger partial charge in [-0.15, -0.1) is 0 Å². The number of aromatic nitrogens is 3. The Labute approximate surface area is 202 Å². The number of hydrogen-bond donors (Lipinski definition) is 2. The Kier molecular flexibility index (Phi) is 5.27. The summed E-state index contributed by atoms with van der Waals surface area (Å²) in [7, 11) is 0. The van der Waals surface area contributed by atoms with Crippen LogP contribution < -0.4 is 5.32 Å². The zero-order chi connectivity index (χ0) is 24.1. The van der Waals surface area contributed by atoms with Crippen LogP contribution in [0.15, 0.2) is 48.8 Å². The van der Waals surface area contributed by atoms with Gasteiger partial charge in [0.1, 0.15) is 12.6 Å². The molecular formula is C26H27N5O4. The number of piperidine rings is 1. The Balaban J connectivity index is 1.15. The van der Waals surface area contributed by atoms with E-state index in [0.29, 0.717) is 29.2 Å². The van der Waals surface area contributed by atoms with Crippen molar-refractivity contribution in [1.29, 1.82) is 0 Å². The summed E-state index contributed by atoms with van der Waals surface area (Å²) < 4.78 is 1.39. The molecule has 9 heteroatoms. The maximum Gasteiger partial charge on any atom is 0.357 e. The van der Waals surface area contributed by atoms with Crippen LogP contribution in [0.5, 0.6) is 0 Å². The highest BCUT2D eigenvalue weighted by Crippen LogP contribution is 2.48. The number of nitrogens with zero attached hydrogens (tertiary/aromatic N) is 4. The molecule has 6 rings (SSSR count). The average Bonchev–Trinajstić information content (AvgIpc) is 3.20. The number of carboxylic acids is 1. The number of hydrogen-bond acceptors (Lipinski definition) is 5. The number of nitrogens with one attached hydrogen (secondary N) is 1. The molecule has 0 bridgehead atoms. The van der Waals surface area contributed by atoms with E-state index in [1.165, 1.54) is 22.6 Å². The summed E-state index contributed by atoms with van der Waals surface area (Å²) in [5, 5.41) is 17.3. The number of pyridine rings is 1. The molecular weight excluding hydrogens is 446 g/mol. The number of amides is 2. The van der Waals surface area contributed by atoms with Crippen LogP contribution >= 0.6 is 0 Å². The lowest BCUT2D eigenvalue weighted by molar-refractivity contribution is -0.140. The van der Waals surface area contributed by atoms with Crippen LogP contribution in [0.4, 0.5) is 0 Å². The molecule has 0 unspecified atom stereocenters. The number of carboxylic acid groups (broad SMARTS) is 1. The van der Waals surface area contributed by atoms with Crippen molar-refractivity contribution in [2.45, 2.75) is 62.7 Å². The zero-order valence-electron chi connectivity index (χ0n) is 19.2. The van der Waals surface area contributed by atoms with Gasteiger partial charge in [0.2, 0.25) is 11.8 Å². The van der Waals surface area contributed by atoms with E-state index in [9.17, 15) is 19.5 Å². The average molecular weight is 474 g/mol. The summed E-state index contributed by atoms with van der Waals surface area (Å²) in [4.78, 5) is 44.0. The molecule has 3 heterocycles. The number of benzene rings is 1. The first-order valence-corrected chi connectivity index (χ1v) is 12.2. The van der Waals surface area contributed by atoms with Crippen molar-refractivity contribution in [2.75, 3.05) is 0 Å². The molecule has 3 aromatic rings. The molecule has 1 aliphatic heterocycles. The second-order valence-electron chi connectivity index (χ2n) is 9.95. The molecule has 3 fully saturated rings. The maximum absolute atomic E-state index is 13.4. The van der Waals surface area contributed by atoms with E-state index < -0.39 is 12.0 Å². The SMILES string of the molecule is O=C(O)c1nn(CC(=O)N2[C@@H]3C[C@@H]3C[C@H]2C(=O)N[C@@H]2CC[C@@H](c3ccccc3)C2)c2cnccc12. The number of aromatic carboxylic acids is 1. The van der Waals surface area contributed by atoms with Gasteiger partial charge in [0.05, 0.1) is 11.7 Å². The number of fused-ring (bicyclic) bond motifs is 2. The molecule has 2 aromatic heterocycles. The van der Waals surface area contributed by atoms with Crippen LogP contribution in [0.1, 0.15) is 54.1 Å². The first-order valence-electron chi connectivity index (χ1n) is 12.2. The van der Waals surface area contributed by atoms with E-state index in [2.05, 4.69) is 27.5 Å². The summed E-state index contributed by atoms with van der Waals surface area (Å²) in [5.41, 5.74) is 1.69. The summed E-state index contributed by atoms with van der Waals surface area (Å²) in [6.45, 7) is -0.123. The molecule has 2 amide bonds. The van der Waals surface area contributed by atoms with Gasteiger partial charge in [0.15, 0.2) is 5.69 Å². The minimum absolute atomic E-state index is 0.0810. The summed E-state index contributed by atoms with van der Waals surface area (Å²) >= 11 is 0. The molecule has 3 aliphatic rings. The molecule has 0 radical (unpaired) electrons. The van der Waals surface area contributed by atoms with Crippen molar-refractivity contribution < 1.29 is 19.5 Å². The maximum atomic E-state index is 13.4. The minimum Gasteiger partial charge on any atom is -0.476 e. The topological polar surface area (TPSA) is 117 Å². The highest BCUT2D eigenvalue weighted by atomic mass is 16.4. The van der Waals surface area contributed by atoms with Crippen LogP contribution in [-0.2, 0) is 16.1 Å². The molecule has 2 aliphatic carbocycles. The summed E-state index contributed by atoms with van der Waals surface area (Å²) in [5.74, 6) is -0.642. The summed E-state index contributed by atoms with van der Waals surface area (Å²) in [6.07, 6.45) is 7.50. The fourth-order valence-corrected chi connectivity index (χ4v) is 6.00. The predicted octanol–water partition coefficient (Wildman–Crippen LogP) is 2.57. The van der Waals surface area contributed by atoms with Gasteiger partial charge in [0, 0.05) is 23.7 Å². The highest BCUT2D eigenvalue weighted by Gasteiger charge is 2.56. The number of rotatable bonds is 6. The van der Waals surface area contributed by atoms with Crippen molar-refractivity contribution in [1.82, 2.24) is 25.0 Å². The van der Waals surface area contributed by atoms with Crippen LogP contribution in [-0.4, -0.2) is 60.7 Å². The van der Waals surface area contributed by atoms with Gasteiger partial charge in [-0.25, -0.2) is 4.79 Å². The molecule has 0 spiro atoms. The molecule has 180 valence electrons. The fourth-order valence-electron chi connectivity index (χ4n) is 6.00. The fraction of sp³-hybridized carbons (Fsp3) is 0.423. The monoisotopic (exact) mass is 473 g/mol. The number of carbonyl (C=O) groups is 3. The summed E-state index contributed by atoms with van der Waals surface area (Å²) in [6, 6.07) is 11.7. The largest absolute Gasteiger partial charge is 0.476 e. The van der Waals surface area contributed by atoms with E-state index in [1.54, 1.807) is 11.0 Å². The molecule has 35 heavy (non-hydrogen) atoms. The number of carbonyl (C=O) groups excluding carboxylic acids is 2. The first kappa shape index (κ1) is 21.8. The third-order valence-electron chi connectivity index (χ3n) is 7.79. The van der Waals surface area contributed by atoms with E-state index in [0.717, 1.165) is 25.7 Å². The smallest absolute Gasteiger partial charge is 0.357 e. The van der Waals surface area contributed by atoms with Crippen molar-refractivity contribution in [2.24, 2.45) is 5.92 Å². The predicted molar refractivity (Wildman–Crippen MR) is 127 cm³/mol. The Hall–Kier alpha value is -3.75. The van der Waals surface area contributed by atoms with Crippen LogP contribution in [0.2, 0.25) is 0 Å². The quantitative estimate of drug-likeness (QED) is 0.568. The Morgan fingerprint density at radius 2 is 1.89 bits per heavy atom. The second kappa shape index (κ2) is 8.48. The van der Waals surface area contributed by atoms with E-state index in [1.807, 2.05) is 18.2 Å². The lowest BCUT2D eigenvalue weighted by Gasteiger charge is -2.28. The van der Waals surface area contributed by atoms with Gasteiger partial charge in [-0.3, -0.25) is 19.3 Å². The van der Waals surface area contributed by atoms with Crippen LogP contribution in [0.25, 0.3) is 10.9 Å². The van der Waals surface area contributed by atoms with Crippen molar-refractivity contribution in [3.05, 3.63) is 60.0 Å².